The first-order chi connectivity index (χ1) is 19.6. The average Bonchev–Trinajstić information content (AvgIpc) is 2.93. The van der Waals surface area contributed by atoms with Crippen LogP contribution >= 0.6 is 23.2 Å². The molecule has 0 radical (unpaired) electrons. The van der Waals surface area contributed by atoms with Gasteiger partial charge < -0.3 is 30.3 Å². The number of carboxylic acid groups (broad SMARTS) is 1. The van der Waals surface area contributed by atoms with Crippen LogP contribution < -0.4 is 10.1 Å². The number of nitrogens with one attached hydrogen (secondary N) is 1. The maximum Gasteiger partial charge on any atom is 0.341 e. The van der Waals surface area contributed by atoms with E-state index in [-0.39, 0.29) is 23.0 Å². The van der Waals surface area contributed by atoms with Crippen LogP contribution in [0.5, 0.6) is 5.75 Å². The highest BCUT2D eigenvalue weighted by atomic mass is 35.5. The standard InChI is InChI=1S/C30H30Cl2N2O7/c1-17(36)25(15-35)34-28(23-10-9-19(31)14-24(23)32)27(21-7-2-3-8-22(21)30(34)40)29(39)33-12-11-18-5-4-6-20(13-18)41-16-26(37)38/h2-10,13-14,17,25,27-28,35-36H,11-12,15-16H2,1H3,(H,33,39)(H,37,38)/t17-,25-,27+,28-/m0/s1. The number of carbonyl (C=O) groups is 3. The number of hydrogen-bond donors (Lipinski definition) is 4. The van der Waals surface area contributed by atoms with Crippen LogP contribution in [0.1, 0.15) is 45.9 Å². The summed E-state index contributed by atoms with van der Waals surface area (Å²) in [5.41, 5.74) is 2.05. The van der Waals surface area contributed by atoms with E-state index < -0.39 is 49.2 Å². The Morgan fingerprint density at radius 2 is 1.80 bits per heavy atom. The molecule has 0 saturated carbocycles. The molecule has 2 amide bonds. The fourth-order valence-electron chi connectivity index (χ4n) is 5.12. The molecule has 4 N–H and O–H groups in total. The summed E-state index contributed by atoms with van der Waals surface area (Å²) >= 11 is 12.8. The molecule has 216 valence electrons. The molecule has 11 heteroatoms. The Labute approximate surface area is 247 Å². The smallest absolute Gasteiger partial charge is 0.341 e. The van der Waals surface area contributed by atoms with Crippen molar-refractivity contribution >= 4 is 41.0 Å². The molecule has 3 aromatic carbocycles. The summed E-state index contributed by atoms with van der Waals surface area (Å²) in [6, 6.07) is 16.5. The molecule has 4 atom stereocenters. The maximum absolute atomic E-state index is 14.0. The molecule has 0 saturated heterocycles. The van der Waals surface area contributed by atoms with Crippen molar-refractivity contribution in [1.29, 1.82) is 0 Å². The van der Waals surface area contributed by atoms with Crippen LogP contribution in [0.3, 0.4) is 0 Å². The van der Waals surface area contributed by atoms with Gasteiger partial charge in [0.05, 0.1) is 30.7 Å². The second-order valence-corrected chi connectivity index (χ2v) is 10.6. The van der Waals surface area contributed by atoms with Gasteiger partial charge in [-0.05, 0) is 60.4 Å². The summed E-state index contributed by atoms with van der Waals surface area (Å²) in [6.07, 6.45) is -0.686. The number of halogens is 2. The van der Waals surface area contributed by atoms with Crippen molar-refractivity contribution < 1.29 is 34.4 Å². The number of hydrogen-bond acceptors (Lipinski definition) is 6. The van der Waals surface area contributed by atoms with E-state index in [1.54, 1.807) is 54.6 Å². The third kappa shape index (κ3) is 6.82. The van der Waals surface area contributed by atoms with E-state index in [4.69, 9.17) is 33.0 Å². The van der Waals surface area contributed by atoms with Gasteiger partial charge in [0.15, 0.2) is 6.61 Å². The van der Waals surface area contributed by atoms with Crippen molar-refractivity contribution in [3.63, 3.8) is 0 Å². The second kappa shape index (κ2) is 13.4. The summed E-state index contributed by atoms with van der Waals surface area (Å²) in [6.45, 7) is 0.696. The highest BCUT2D eigenvalue weighted by Crippen LogP contribution is 2.46. The molecule has 41 heavy (non-hydrogen) atoms. The summed E-state index contributed by atoms with van der Waals surface area (Å²) in [5.74, 6) is -2.44. The molecule has 9 nitrogen and oxygen atoms in total. The number of nitrogens with zero attached hydrogens (tertiary/aromatic N) is 1. The number of benzene rings is 3. The topological polar surface area (TPSA) is 136 Å². The first-order valence-corrected chi connectivity index (χ1v) is 13.7. The van der Waals surface area contributed by atoms with Crippen molar-refractivity contribution in [2.45, 2.75) is 37.5 Å². The van der Waals surface area contributed by atoms with Crippen molar-refractivity contribution in [3.05, 3.63) is 99.0 Å². The molecular weight excluding hydrogens is 571 g/mol. The lowest BCUT2D eigenvalue weighted by atomic mass is 9.78. The van der Waals surface area contributed by atoms with Crippen LogP contribution in [0, 0.1) is 0 Å². The lowest BCUT2D eigenvalue weighted by Gasteiger charge is -2.46. The Morgan fingerprint density at radius 1 is 1.05 bits per heavy atom. The normalized spacial score (nSPS) is 17.9. The largest absolute Gasteiger partial charge is 0.482 e. The van der Waals surface area contributed by atoms with Gasteiger partial charge in [-0.1, -0.05) is 59.6 Å². The zero-order valence-corrected chi connectivity index (χ0v) is 23.7. The average molecular weight is 601 g/mol. The van der Waals surface area contributed by atoms with Crippen molar-refractivity contribution in [1.82, 2.24) is 10.2 Å². The SMILES string of the molecule is C[C@H](O)[C@H](CO)N1C(=O)c2ccccc2[C@@H](C(=O)NCCc2cccc(OCC(=O)O)c2)[C@@H]1c1ccc(Cl)cc1Cl. The minimum absolute atomic E-state index is 0.231. The minimum atomic E-state index is -1.11. The monoisotopic (exact) mass is 600 g/mol. The molecule has 1 aliphatic rings. The van der Waals surface area contributed by atoms with Crippen LogP contribution in [-0.4, -0.2) is 69.9 Å². The van der Waals surface area contributed by atoms with Gasteiger partial charge in [-0.15, -0.1) is 0 Å². The number of aliphatic hydroxyl groups is 2. The lowest BCUT2D eigenvalue weighted by Crippen LogP contribution is -2.55. The number of fused-ring (bicyclic) bond motifs is 1. The highest BCUT2D eigenvalue weighted by Gasteiger charge is 2.48. The van der Waals surface area contributed by atoms with Gasteiger partial charge in [0.2, 0.25) is 5.91 Å². The number of carboxylic acids is 1. The van der Waals surface area contributed by atoms with Gasteiger partial charge in [-0.3, -0.25) is 9.59 Å². The molecule has 0 aromatic heterocycles. The second-order valence-electron chi connectivity index (χ2n) is 9.75. The van der Waals surface area contributed by atoms with Crippen LogP contribution in [-0.2, 0) is 16.0 Å². The molecule has 0 fully saturated rings. The van der Waals surface area contributed by atoms with Gasteiger partial charge in [0.25, 0.3) is 5.91 Å². The number of ether oxygens (including phenoxy) is 1. The van der Waals surface area contributed by atoms with E-state index in [1.165, 1.54) is 17.9 Å². The third-order valence-corrected chi connectivity index (χ3v) is 7.58. The molecule has 0 bridgehead atoms. The fourth-order valence-corrected chi connectivity index (χ4v) is 5.64. The van der Waals surface area contributed by atoms with Gasteiger partial charge >= 0.3 is 5.97 Å². The van der Waals surface area contributed by atoms with Crippen molar-refractivity contribution in [3.8, 4) is 5.75 Å². The summed E-state index contributed by atoms with van der Waals surface area (Å²) in [5, 5.41) is 33.2. The molecule has 0 aliphatic carbocycles. The van der Waals surface area contributed by atoms with E-state index in [1.807, 2.05) is 6.07 Å². The molecule has 0 unspecified atom stereocenters. The molecule has 0 spiro atoms. The third-order valence-electron chi connectivity index (χ3n) is 7.01. The van der Waals surface area contributed by atoms with Crippen LogP contribution in [0.25, 0.3) is 0 Å². The fraction of sp³-hybridized carbons (Fsp3) is 0.300. The Morgan fingerprint density at radius 3 is 2.49 bits per heavy atom. The Balaban J connectivity index is 1.69. The first-order valence-electron chi connectivity index (χ1n) is 13.0. The van der Waals surface area contributed by atoms with Crippen LogP contribution in [0.15, 0.2) is 66.7 Å². The lowest BCUT2D eigenvalue weighted by molar-refractivity contribution is -0.139. The number of rotatable bonds is 11. The number of aliphatic carboxylic acids is 1. The number of amides is 2. The van der Waals surface area contributed by atoms with Crippen LogP contribution in [0.2, 0.25) is 10.0 Å². The molecule has 1 heterocycles. The van der Waals surface area contributed by atoms with Crippen LogP contribution in [0.4, 0.5) is 0 Å². The van der Waals surface area contributed by atoms with Crippen molar-refractivity contribution in [2.75, 3.05) is 19.8 Å². The first kappa shape index (κ1) is 30.3. The minimum Gasteiger partial charge on any atom is -0.482 e. The molecule has 3 aromatic rings. The Bertz CT molecular complexity index is 1430. The van der Waals surface area contributed by atoms with Gasteiger partial charge in [0.1, 0.15) is 5.75 Å². The Hall–Kier alpha value is -3.63. The summed E-state index contributed by atoms with van der Waals surface area (Å²) in [7, 11) is 0. The highest BCUT2D eigenvalue weighted by molar-refractivity contribution is 6.35. The summed E-state index contributed by atoms with van der Waals surface area (Å²) < 4.78 is 5.24. The molecule has 1 aliphatic heterocycles. The van der Waals surface area contributed by atoms with Gasteiger partial charge in [0, 0.05) is 22.2 Å². The number of carbonyl (C=O) groups excluding carboxylic acids is 2. The van der Waals surface area contributed by atoms with E-state index in [2.05, 4.69) is 5.32 Å². The molecule has 4 rings (SSSR count). The summed E-state index contributed by atoms with van der Waals surface area (Å²) in [4.78, 5) is 39.9. The molecular formula is C30H30Cl2N2O7. The number of aliphatic hydroxyl groups excluding tert-OH is 2. The van der Waals surface area contributed by atoms with E-state index in [0.29, 0.717) is 28.3 Å². The van der Waals surface area contributed by atoms with Gasteiger partial charge in [-0.2, -0.15) is 0 Å². The predicted molar refractivity (Wildman–Crippen MR) is 153 cm³/mol. The van der Waals surface area contributed by atoms with Crippen molar-refractivity contribution in [2.24, 2.45) is 0 Å². The zero-order chi connectivity index (χ0) is 29.7. The van der Waals surface area contributed by atoms with E-state index in [9.17, 15) is 24.6 Å². The van der Waals surface area contributed by atoms with E-state index >= 15 is 0 Å². The maximum atomic E-state index is 14.0. The Kier molecular flexibility index (Phi) is 9.88. The quantitative estimate of drug-likeness (QED) is 0.262. The van der Waals surface area contributed by atoms with E-state index in [0.717, 1.165) is 5.56 Å². The zero-order valence-electron chi connectivity index (χ0n) is 22.2. The van der Waals surface area contributed by atoms with Gasteiger partial charge in [-0.25, -0.2) is 4.79 Å². The predicted octanol–water partition coefficient (Wildman–Crippen LogP) is 3.84.